The third-order valence-corrected chi connectivity index (χ3v) is 3.46. The van der Waals surface area contributed by atoms with E-state index < -0.39 is 0 Å². The first-order valence-electron chi connectivity index (χ1n) is 6.88. The lowest BCUT2D eigenvalue weighted by Crippen LogP contribution is -2.44. The Kier molecular flexibility index (Phi) is 4.74. The van der Waals surface area contributed by atoms with Gasteiger partial charge in [0, 0.05) is 25.3 Å². The maximum Gasteiger partial charge on any atom is 0.273 e. The topological polar surface area (TPSA) is 65.5 Å². The number of aromatic hydroxyl groups is 1. The molecule has 0 spiro atoms. The average Bonchev–Trinajstić information content (AvgIpc) is 2.42. The summed E-state index contributed by atoms with van der Waals surface area (Å²) in [5, 5.41) is 12.5. The summed E-state index contributed by atoms with van der Waals surface area (Å²) in [6.07, 6.45) is 4.59. The van der Waals surface area contributed by atoms with E-state index in [1.807, 2.05) is 0 Å². The molecular formula is C14H21N3O2. The van der Waals surface area contributed by atoms with Gasteiger partial charge in [0.15, 0.2) is 5.69 Å². The Balaban J connectivity index is 1.86. The molecule has 0 aromatic carbocycles. The number of hydrogen-bond acceptors (Lipinski definition) is 4. The van der Waals surface area contributed by atoms with Crippen molar-refractivity contribution in [2.24, 2.45) is 0 Å². The Morgan fingerprint density at radius 2 is 2.26 bits per heavy atom. The van der Waals surface area contributed by atoms with Crippen LogP contribution in [0.4, 0.5) is 0 Å². The molecule has 1 fully saturated rings. The number of amides is 1. The fourth-order valence-corrected chi connectivity index (χ4v) is 2.44. The van der Waals surface area contributed by atoms with Gasteiger partial charge in [0.1, 0.15) is 5.75 Å². The molecule has 0 atom stereocenters. The van der Waals surface area contributed by atoms with Crippen LogP contribution in [0.5, 0.6) is 5.75 Å². The van der Waals surface area contributed by atoms with Crippen molar-refractivity contribution in [3.8, 4) is 5.75 Å². The average molecular weight is 263 g/mol. The van der Waals surface area contributed by atoms with Gasteiger partial charge in [-0.05, 0) is 37.9 Å². The fourth-order valence-electron chi connectivity index (χ4n) is 2.44. The molecule has 1 saturated heterocycles. The second-order valence-corrected chi connectivity index (χ2v) is 4.96. The summed E-state index contributed by atoms with van der Waals surface area (Å²) in [4.78, 5) is 18.3. The summed E-state index contributed by atoms with van der Waals surface area (Å²) in [6.45, 7) is 5.35. The molecular weight excluding hydrogens is 242 g/mol. The highest BCUT2D eigenvalue weighted by atomic mass is 16.3. The van der Waals surface area contributed by atoms with Gasteiger partial charge in [0.25, 0.3) is 5.91 Å². The molecule has 104 valence electrons. The number of likely N-dealkylation sites (tertiary alicyclic amines) is 1. The molecule has 5 nitrogen and oxygen atoms in total. The number of piperidine rings is 1. The smallest absolute Gasteiger partial charge is 0.273 e. The minimum atomic E-state index is -0.285. The minimum absolute atomic E-state index is 0.0663. The SMILES string of the molecule is CCCN1CCC(NC(=O)c2ncccc2O)CC1. The predicted molar refractivity (Wildman–Crippen MR) is 73.1 cm³/mol. The summed E-state index contributed by atoms with van der Waals surface area (Å²) >= 11 is 0. The van der Waals surface area contributed by atoms with Gasteiger partial charge in [-0.1, -0.05) is 6.92 Å². The summed E-state index contributed by atoms with van der Waals surface area (Å²) in [7, 11) is 0. The van der Waals surface area contributed by atoms with Crippen molar-refractivity contribution in [2.75, 3.05) is 19.6 Å². The van der Waals surface area contributed by atoms with E-state index in [1.165, 1.54) is 18.7 Å². The van der Waals surface area contributed by atoms with Gasteiger partial charge in [-0.25, -0.2) is 4.98 Å². The van der Waals surface area contributed by atoms with Crippen LogP contribution in [0.15, 0.2) is 18.3 Å². The second kappa shape index (κ2) is 6.52. The Morgan fingerprint density at radius 3 is 2.89 bits per heavy atom. The molecule has 0 bridgehead atoms. The Morgan fingerprint density at radius 1 is 1.53 bits per heavy atom. The van der Waals surface area contributed by atoms with Gasteiger partial charge in [0.2, 0.25) is 0 Å². The quantitative estimate of drug-likeness (QED) is 0.861. The number of hydrogen-bond donors (Lipinski definition) is 2. The standard InChI is InChI=1S/C14H21N3O2/c1-2-8-17-9-5-11(6-10-17)16-14(19)13-12(18)4-3-7-15-13/h3-4,7,11,18H,2,5-6,8-10H2,1H3,(H,16,19). The van der Waals surface area contributed by atoms with Crippen LogP contribution in [-0.4, -0.2) is 46.6 Å². The van der Waals surface area contributed by atoms with Gasteiger partial charge in [-0.2, -0.15) is 0 Å². The maximum absolute atomic E-state index is 12.0. The van der Waals surface area contributed by atoms with E-state index in [0.29, 0.717) is 0 Å². The second-order valence-electron chi connectivity index (χ2n) is 4.96. The van der Waals surface area contributed by atoms with Crippen LogP contribution in [0.1, 0.15) is 36.7 Å². The largest absolute Gasteiger partial charge is 0.505 e. The molecule has 0 saturated carbocycles. The third kappa shape index (κ3) is 3.67. The molecule has 5 heteroatoms. The zero-order chi connectivity index (χ0) is 13.7. The number of nitrogens with zero attached hydrogens (tertiary/aromatic N) is 2. The Hall–Kier alpha value is -1.62. The highest BCUT2D eigenvalue weighted by Gasteiger charge is 2.22. The van der Waals surface area contributed by atoms with Crippen LogP contribution in [-0.2, 0) is 0 Å². The van der Waals surface area contributed by atoms with E-state index in [0.717, 1.165) is 32.5 Å². The summed E-state index contributed by atoms with van der Waals surface area (Å²) in [5.41, 5.74) is 0.110. The molecule has 0 radical (unpaired) electrons. The van der Waals surface area contributed by atoms with Crippen molar-refractivity contribution in [3.63, 3.8) is 0 Å². The lowest BCUT2D eigenvalue weighted by atomic mass is 10.0. The molecule has 1 aromatic heterocycles. The van der Waals surface area contributed by atoms with Crippen LogP contribution in [0.2, 0.25) is 0 Å². The lowest BCUT2D eigenvalue weighted by Gasteiger charge is -2.32. The minimum Gasteiger partial charge on any atom is -0.505 e. The normalized spacial score (nSPS) is 17.3. The molecule has 0 aliphatic carbocycles. The van der Waals surface area contributed by atoms with Gasteiger partial charge in [-0.15, -0.1) is 0 Å². The van der Waals surface area contributed by atoms with E-state index in [-0.39, 0.29) is 23.4 Å². The van der Waals surface area contributed by atoms with E-state index in [4.69, 9.17) is 0 Å². The number of carbonyl (C=O) groups is 1. The summed E-state index contributed by atoms with van der Waals surface area (Å²) in [5.74, 6) is -0.351. The molecule has 2 N–H and O–H groups in total. The van der Waals surface area contributed by atoms with E-state index in [9.17, 15) is 9.90 Å². The first-order valence-corrected chi connectivity index (χ1v) is 6.88. The zero-order valence-corrected chi connectivity index (χ0v) is 11.3. The molecule has 19 heavy (non-hydrogen) atoms. The van der Waals surface area contributed by atoms with Gasteiger partial charge in [-0.3, -0.25) is 4.79 Å². The highest BCUT2D eigenvalue weighted by molar-refractivity contribution is 5.94. The number of rotatable bonds is 4. The number of pyridine rings is 1. The van der Waals surface area contributed by atoms with E-state index in [1.54, 1.807) is 6.07 Å². The first-order chi connectivity index (χ1) is 9.20. The molecule has 2 heterocycles. The number of nitrogens with one attached hydrogen (secondary N) is 1. The van der Waals surface area contributed by atoms with Crippen LogP contribution in [0.3, 0.4) is 0 Å². The van der Waals surface area contributed by atoms with Crippen LogP contribution < -0.4 is 5.32 Å². The van der Waals surface area contributed by atoms with Crippen molar-refractivity contribution in [3.05, 3.63) is 24.0 Å². The Labute approximate surface area is 113 Å². The van der Waals surface area contributed by atoms with Gasteiger partial charge >= 0.3 is 0 Å². The molecule has 0 unspecified atom stereocenters. The molecule has 1 aliphatic heterocycles. The van der Waals surface area contributed by atoms with Crippen molar-refractivity contribution >= 4 is 5.91 Å². The number of aromatic nitrogens is 1. The van der Waals surface area contributed by atoms with Crippen LogP contribution in [0.25, 0.3) is 0 Å². The van der Waals surface area contributed by atoms with Crippen LogP contribution in [0, 0.1) is 0 Å². The van der Waals surface area contributed by atoms with Gasteiger partial charge < -0.3 is 15.3 Å². The first kappa shape index (κ1) is 13.8. The summed E-state index contributed by atoms with van der Waals surface area (Å²) in [6, 6.07) is 3.27. The lowest BCUT2D eigenvalue weighted by molar-refractivity contribution is 0.0903. The summed E-state index contributed by atoms with van der Waals surface area (Å²) < 4.78 is 0. The van der Waals surface area contributed by atoms with E-state index in [2.05, 4.69) is 22.1 Å². The van der Waals surface area contributed by atoms with Crippen molar-refractivity contribution in [2.45, 2.75) is 32.2 Å². The number of carbonyl (C=O) groups excluding carboxylic acids is 1. The zero-order valence-electron chi connectivity index (χ0n) is 11.3. The van der Waals surface area contributed by atoms with Crippen molar-refractivity contribution < 1.29 is 9.90 Å². The van der Waals surface area contributed by atoms with Gasteiger partial charge in [0.05, 0.1) is 0 Å². The predicted octanol–water partition coefficient (Wildman–Crippen LogP) is 1.39. The molecule has 1 aliphatic rings. The molecule has 2 rings (SSSR count). The molecule has 1 aromatic rings. The fraction of sp³-hybridized carbons (Fsp3) is 0.571. The highest BCUT2D eigenvalue weighted by Crippen LogP contribution is 2.15. The maximum atomic E-state index is 12.0. The third-order valence-electron chi connectivity index (χ3n) is 3.46. The van der Waals surface area contributed by atoms with Crippen molar-refractivity contribution in [1.29, 1.82) is 0 Å². The molecule has 1 amide bonds. The Bertz CT molecular complexity index is 428. The van der Waals surface area contributed by atoms with Crippen LogP contribution >= 0.6 is 0 Å². The van der Waals surface area contributed by atoms with Crippen molar-refractivity contribution in [1.82, 2.24) is 15.2 Å². The van der Waals surface area contributed by atoms with E-state index >= 15 is 0 Å². The monoisotopic (exact) mass is 263 g/mol.